The van der Waals surface area contributed by atoms with Gasteiger partial charge >= 0.3 is 0 Å². The van der Waals surface area contributed by atoms with E-state index in [2.05, 4.69) is 15.9 Å². The van der Waals surface area contributed by atoms with Crippen molar-refractivity contribution in [1.29, 1.82) is 5.41 Å². The van der Waals surface area contributed by atoms with Crippen molar-refractivity contribution in [1.82, 2.24) is 0 Å². The standard InChI is InChI=1S/C10H7BrN2OS/c11-7-2-1-3-8-5(7)4-6(10(13)15)9(12)14-8/h1-4,12H,(H2,13,15). The molecule has 0 saturated heterocycles. The molecule has 0 saturated carbocycles. The summed E-state index contributed by atoms with van der Waals surface area (Å²) in [4.78, 5) is 0.168. The molecule has 3 nitrogen and oxygen atoms in total. The van der Waals surface area contributed by atoms with Gasteiger partial charge in [0.05, 0.1) is 5.56 Å². The molecule has 0 spiro atoms. The Morgan fingerprint density at radius 2 is 2.20 bits per heavy atom. The third-order valence-corrected chi connectivity index (χ3v) is 2.94. The van der Waals surface area contributed by atoms with Crippen LogP contribution < -0.4 is 11.3 Å². The van der Waals surface area contributed by atoms with Gasteiger partial charge in [-0.05, 0) is 18.2 Å². The predicted molar refractivity (Wildman–Crippen MR) is 65.7 cm³/mol. The highest BCUT2D eigenvalue weighted by Crippen LogP contribution is 2.23. The van der Waals surface area contributed by atoms with Gasteiger partial charge in [0.2, 0.25) is 5.55 Å². The lowest BCUT2D eigenvalue weighted by atomic mass is 10.2. The number of hydrogen-bond donors (Lipinski definition) is 2. The lowest BCUT2D eigenvalue weighted by molar-refractivity contribution is 0.531. The van der Waals surface area contributed by atoms with Crippen LogP contribution in [0.1, 0.15) is 5.56 Å². The summed E-state index contributed by atoms with van der Waals surface area (Å²) in [5.41, 5.74) is 6.57. The van der Waals surface area contributed by atoms with E-state index in [1.165, 1.54) is 0 Å². The van der Waals surface area contributed by atoms with Crippen LogP contribution in [0, 0.1) is 5.41 Å². The second-order valence-corrected chi connectivity index (χ2v) is 4.30. The molecule has 1 aromatic heterocycles. The van der Waals surface area contributed by atoms with Gasteiger partial charge in [-0.1, -0.05) is 34.2 Å². The van der Waals surface area contributed by atoms with Crippen LogP contribution >= 0.6 is 28.1 Å². The first-order valence-electron chi connectivity index (χ1n) is 4.16. The summed E-state index contributed by atoms with van der Waals surface area (Å²) in [6.07, 6.45) is 0. The van der Waals surface area contributed by atoms with E-state index in [1.54, 1.807) is 12.1 Å². The fourth-order valence-corrected chi connectivity index (χ4v) is 1.92. The summed E-state index contributed by atoms with van der Waals surface area (Å²) in [5, 5.41) is 8.46. The van der Waals surface area contributed by atoms with Crippen molar-refractivity contribution in [2.24, 2.45) is 5.73 Å². The van der Waals surface area contributed by atoms with Crippen LogP contribution in [0.25, 0.3) is 11.0 Å². The molecular weight excluding hydrogens is 276 g/mol. The van der Waals surface area contributed by atoms with Gasteiger partial charge < -0.3 is 10.2 Å². The molecule has 0 aliphatic rings. The number of fused-ring (bicyclic) bond motifs is 1. The van der Waals surface area contributed by atoms with Crippen LogP contribution in [-0.4, -0.2) is 4.99 Å². The molecule has 1 heterocycles. The normalized spacial score (nSPS) is 10.5. The molecule has 0 radical (unpaired) electrons. The van der Waals surface area contributed by atoms with Gasteiger partial charge in [0.25, 0.3) is 0 Å². The molecule has 2 aromatic rings. The largest absolute Gasteiger partial charge is 0.438 e. The van der Waals surface area contributed by atoms with E-state index < -0.39 is 0 Å². The van der Waals surface area contributed by atoms with Crippen molar-refractivity contribution in [3.05, 3.63) is 39.9 Å². The molecule has 15 heavy (non-hydrogen) atoms. The highest BCUT2D eigenvalue weighted by atomic mass is 79.9. The van der Waals surface area contributed by atoms with Crippen LogP contribution in [0.15, 0.2) is 33.2 Å². The van der Waals surface area contributed by atoms with Crippen molar-refractivity contribution < 1.29 is 4.42 Å². The molecule has 0 bridgehead atoms. The van der Waals surface area contributed by atoms with Crippen molar-refractivity contribution in [3.8, 4) is 0 Å². The van der Waals surface area contributed by atoms with Crippen LogP contribution in [0.5, 0.6) is 0 Å². The van der Waals surface area contributed by atoms with Gasteiger partial charge in [-0.2, -0.15) is 0 Å². The van der Waals surface area contributed by atoms with E-state index >= 15 is 0 Å². The number of benzene rings is 1. The molecule has 0 fully saturated rings. The SMILES string of the molecule is N=c1oc2cccc(Br)c2cc1C(N)=S. The molecule has 1 aromatic carbocycles. The fraction of sp³-hybridized carbons (Fsp3) is 0. The lowest BCUT2D eigenvalue weighted by Gasteiger charge is -2.02. The topological polar surface area (TPSA) is 63.0 Å². The number of rotatable bonds is 1. The quantitative estimate of drug-likeness (QED) is 0.789. The minimum atomic E-state index is -0.00639. The minimum absolute atomic E-state index is 0.00639. The molecule has 0 amide bonds. The van der Waals surface area contributed by atoms with Crippen molar-refractivity contribution in [2.45, 2.75) is 0 Å². The first-order valence-corrected chi connectivity index (χ1v) is 5.36. The second-order valence-electron chi connectivity index (χ2n) is 3.01. The zero-order valence-electron chi connectivity index (χ0n) is 7.58. The Labute approximate surface area is 99.5 Å². The van der Waals surface area contributed by atoms with Gasteiger partial charge in [0, 0.05) is 9.86 Å². The van der Waals surface area contributed by atoms with Gasteiger partial charge in [-0.3, -0.25) is 5.41 Å². The number of nitrogens with two attached hydrogens (primary N) is 1. The third-order valence-electron chi connectivity index (χ3n) is 2.02. The highest BCUT2D eigenvalue weighted by molar-refractivity contribution is 9.10. The minimum Gasteiger partial charge on any atom is -0.438 e. The van der Waals surface area contributed by atoms with Crippen molar-refractivity contribution >= 4 is 44.1 Å². The molecule has 76 valence electrons. The molecule has 0 aliphatic heterocycles. The van der Waals surface area contributed by atoms with Gasteiger partial charge in [0.15, 0.2) is 0 Å². The number of halogens is 1. The summed E-state index contributed by atoms with van der Waals surface area (Å²) >= 11 is 8.24. The zero-order valence-corrected chi connectivity index (χ0v) is 9.98. The number of nitrogens with one attached hydrogen (secondary N) is 1. The summed E-state index contributed by atoms with van der Waals surface area (Å²) in [7, 11) is 0. The monoisotopic (exact) mass is 282 g/mol. The number of hydrogen-bond acceptors (Lipinski definition) is 3. The predicted octanol–water partition coefficient (Wildman–Crippen LogP) is 2.31. The van der Waals surface area contributed by atoms with E-state index in [1.807, 2.05) is 12.1 Å². The Morgan fingerprint density at radius 3 is 2.87 bits per heavy atom. The van der Waals surface area contributed by atoms with Gasteiger partial charge in [0.1, 0.15) is 10.6 Å². The smallest absolute Gasteiger partial charge is 0.222 e. The average Bonchev–Trinajstić information content (AvgIpc) is 2.16. The maximum absolute atomic E-state index is 7.60. The van der Waals surface area contributed by atoms with Crippen molar-refractivity contribution in [3.63, 3.8) is 0 Å². The molecule has 2 rings (SSSR count). The fourth-order valence-electron chi connectivity index (χ4n) is 1.30. The molecule has 0 atom stereocenters. The van der Waals surface area contributed by atoms with Crippen LogP contribution in [-0.2, 0) is 0 Å². The molecule has 3 N–H and O–H groups in total. The van der Waals surface area contributed by atoms with E-state index in [-0.39, 0.29) is 10.5 Å². The second kappa shape index (κ2) is 3.75. The first kappa shape index (κ1) is 10.3. The maximum Gasteiger partial charge on any atom is 0.222 e. The summed E-state index contributed by atoms with van der Waals surface area (Å²) in [6, 6.07) is 7.29. The number of thiocarbonyl (C=S) groups is 1. The maximum atomic E-state index is 7.60. The first-order chi connectivity index (χ1) is 7.09. The Kier molecular flexibility index (Phi) is 2.58. The summed E-state index contributed by atoms with van der Waals surface area (Å²) in [6.45, 7) is 0. The van der Waals surface area contributed by atoms with E-state index in [9.17, 15) is 0 Å². The Hall–Kier alpha value is -1.20. The Bertz CT molecular complexity index is 606. The summed E-state index contributed by atoms with van der Waals surface area (Å²) < 4.78 is 6.19. The van der Waals surface area contributed by atoms with E-state index in [0.29, 0.717) is 11.1 Å². The average molecular weight is 283 g/mol. The van der Waals surface area contributed by atoms with E-state index in [0.717, 1.165) is 9.86 Å². The zero-order chi connectivity index (χ0) is 11.0. The van der Waals surface area contributed by atoms with Gasteiger partial charge in [-0.15, -0.1) is 0 Å². The van der Waals surface area contributed by atoms with Gasteiger partial charge in [-0.25, -0.2) is 0 Å². The lowest BCUT2D eigenvalue weighted by Crippen LogP contribution is -2.19. The molecule has 0 unspecified atom stereocenters. The molecule has 0 aliphatic carbocycles. The van der Waals surface area contributed by atoms with Crippen molar-refractivity contribution in [2.75, 3.05) is 0 Å². The van der Waals surface area contributed by atoms with Crippen LogP contribution in [0.4, 0.5) is 0 Å². The third kappa shape index (κ3) is 1.80. The molecular formula is C10H7BrN2OS. The summed E-state index contributed by atoms with van der Waals surface area (Å²) in [5.74, 6) is 0. The molecule has 5 heteroatoms. The Morgan fingerprint density at radius 1 is 1.47 bits per heavy atom. The highest BCUT2D eigenvalue weighted by Gasteiger charge is 2.06. The Balaban J connectivity index is 2.90. The van der Waals surface area contributed by atoms with E-state index in [4.69, 9.17) is 27.8 Å². The van der Waals surface area contributed by atoms with Crippen LogP contribution in [0.2, 0.25) is 0 Å². The van der Waals surface area contributed by atoms with Crippen LogP contribution in [0.3, 0.4) is 0 Å².